The van der Waals surface area contributed by atoms with Gasteiger partial charge in [0.1, 0.15) is 0 Å². The van der Waals surface area contributed by atoms with Crippen molar-refractivity contribution in [2.45, 2.75) is 39.2 Å². The van der Waals surface area contributed by atoms with Crippen LogP contribution in [0.2, 0.25) is 0 Å². The van der Waals surface area contributed by atoms with Crippen molar-refractivity contribution in [3.63, 3.8) is 0 Å². The normalized spacial score (nSPS) is 21.3. The minimum atomic E-state index is -3.17. The Kier molecular flexibility index (Phi) is 5.98. The maximum absolute atomic E-state index is 12.7. The van der Waals surface area contributed by atoms with Gasteiger partial charge < -0.3 is 15.1 Å². The van der Waals surface area contributed by atoms with E-state index in [2.05, 4.69) is 5.32 Å². The number of carbonyl (C=O) groups is 2. The summed E-state index contributed by atoms with van der Waals surface area (Å²) in [6.07, 6.45) is 2.34. The number of urea groups is 1. The van der Waals surface area contributed by atoms with E-state index >= 15 is 0 Å². The van der Waals surface area contributed by atoms with E-state index in [9.17, 15) is 18.0 Å². The van der Waals surface area contributed by atoms with E-state index < -0.39 is 10.0 Å². The van der Waals surface area contributed by atoms with Crippen molar-refractivity contribution in [2.75, 3.05) is 45.5 Å². The molecule has 0 aliphatic carbocycles. The SMILES string of the molecule is CC(C)(C)NC(=O)N1CCN(C(=O)C2CCN(S(C)(=O)=O)CC2)CC1. The highest BCUT2D eigenvalue weighted by Gasteiger charge is 2.33. The highest BCUT2D eigenvalue weighted by Crippen LogP contribution is 2.22. The van der Waals surface area contributed by atoms with E-state index in [1.54, 1.807) is 4.90 Å². The van der Waals surface area contributed by atoms with Crippen molar-refractivity contribution < 1.29 is 18.0 Å². The fraction of sp³-hybridized carbons (Fsp3) is 0.875. The van der Waals surface area contributed by atoms with E-state index in [-0.39, 0.29) is 23.4 Å². The van der Waals surface area contributed by atoms with Crippen LogP contribution < -0.4 is 5.32 Å². The summed E-state index contributed by atoms with van der Waals surface area (Å²) in [5.41, 5.74) is -0.280. The molecule has 144 valence electrons. The monoisotopic (exact) mass is 374 g/mol. The third-order valence-electron chi connectivity index (χ3n) is 4.63. The molecule has 2 aliphatic rings. The second kappa shape index (κ2) is 7.49. The number of rotatable bonds is 2. The molecule has 0 bridgehead atoms. The molecular formula is C16H30N4O4S. The summed E-state index contributed by atoms with van der Waals surface area (Å²) < 4.78 is 24.5. The average Bonchev–Trinajstić information content (AvgIpc) is 2.52. The van der Waals surface area contributed by atoms with Gasteiger partial charge in [0.25, 0.3) is 0 Å². The van der Waals surface area contributed by atoms with Crippen LogP contribution in [0.15, 0.2) is 0 Å². The number of sulfonamides is 1. The maximum atomic E-state index is 12.7. The van der Waals surface area contributed by atoms with Crippen LogP contribution in [0.4, 0.5) is 4.79 Å². The Bertz CT molecular complexity index is 598. The molecule has 2 saturated heterocycles. The fourth-order valence-electron chi connectivity index (χ4n) is 3.22. The quantitative estimate of drug-likeness (QED) is 0.753. The first-order chi connectivity index (χ1) is 11.5. The number of amides is 3. The van der Waals surface area contributed by atoms with Gasteiger partial charge >= 0.3 is 6.03 Å². The van der Waals surface area contributed by atoms with Gasteiger partial charge in [0.05, 0.1) is 6.26 Å². The molecular weight excluding hydrogens is 344 g/mol. The molecule has 0 unspecified atom stereocenters. The van der Waals surface area contributed by atoms with Crippen LogP contribution in [-0.4, -0.2) is 85.5 Å². The second-order valence-electron chi connectivity index (χ2n) is 7.93. The van der Waals surface area contributed by atoms with Crippen LogP contribution in [-0.2, 0) is 14.8 Å². The largest absolute Gasteiger partial charge is 0.339 e. The molecule has 0 atom stereocenters. The molecule has 0 saturated carbocycles. The van der Waals surface area contributed by atoms with Crippen molar-refractivity contribution in [2.24, 2.45) is 5.92 Å². The highest BCUT2D eigenvalue weighted by molar-refractivity contribution is 7.88. The molecule has 0 aromatic rings. The minimum absolute atomic E-state index is 0.0871. The molecule has 0 aromatic heterocycles. The Morgan fingerprint density at radius 1 is 0.920 bits per heavy atom. The number of nitrogens with one attached hydrogen (secondary N) is 1. The summed E-state index contributed by atoms with van der Waals surface area (Å²) in [7, 11) is -3.17. The lowest BCUT2D eigenvalue weighted by Crippen LogP contribution is -2.57. The van der Waals surface area contributed by atoms with Crippen molar-refractivity contribution in [1.82, 2.24) is 19.4 Å². The van der Waals surface area contributed by atoms with E-state index in [1.807, 2.05) is 25.7 Å². The van der Waals surface area contributed by atoms with Crippen molar-refractivity contribution in [3.8, 4) is 0 Å². The summed E-state index contributed by atoms with van der Waals surface area (Å²) in [6, 6.07) is -0.0962. The van der Waals surface area contributed by atoms with Gasteiger partial charge in [-0.05, 0) is 33.6 Å². The summed E-state index contributed by atoms with van der Waals surface area (Å²) in [5.74, 6) is -0.0306. The zero-order chi connectivity index (χ0) is 18.8. The zero-order valence-electron chi connectivity index (χ0n) is 15.6. The fourth-order valence-corrected chi connectivity index (χ4v) is 4.10. The first-order valence-electron chi connectivity index (χ1n) is 8.78. The predicted octanol–water partition coefficient (Wildman–Crippen LogP) is 0.310. The molecule has 3 amide bonds. The molecule has 2 heterocycles. The van der Waals surface area contributed by atoms with Crippen LogP contribution in [0.1, 0.15) is 33.6 Å². The Morgan fingerprint density at radius 3 is 1.84 bits per heavy atom. The first kappa shape index (κ1) is 20.0. The lowest BCUT2D eigenvalue weighted by atomic mass is 9.96. The lowest BCUT2D eigenvalue weighted by molar-refractivity contribution is -0.138. The molecule has 9 heteroatoms. The number of piperazine rings is 1. The second-order valence-corrected chi connectivity index (χ2v) is 9.91. The molecule has 2 aliphatic heterocycles. The van der Waals surface area contributed by atoms with Crippen LogP contribution >= 0.6 is 0 Å². The van der Waals surface area contributed by atoms with E-state index in [0.717, 1.165) is 0 Å². The smallest absolute Gasteiger partial charge is 0.317 e. The number of nitrogens with zero attached hydrogens (tertiary/aromatic N) is 3. The van der Waals surface area contributed by atoms with Gasteiger partial charge in [0.2, 0.25) is 15.9 Å². The Balaban J connectivity index is 1.81. The molecule has 2 rings (SSSR count). The first-order valence-corrected chi connectivity index (χ1v) is 10.6. The van der Waals surface area contributed by atoms with Gasteiger partial charge in [-0.1, -0.05) is 0 Å². The van der Waals surface area contributed by atoms with Gasteiger partial charge in [0, 0.05) is 50.7 Å². The van der Waals surface area contributed by atoms with E-state index in [0.29, 0.717) is 52.1 Å². The Hall–Kier alpha value is -1.35. The van der Waals surface area contributed by atoms with Gasteiger partial charge in [-0.2, -0.15) is 0 Å². The van der Waals surface area contributed by atoms with Crippen LogP contribution in [0, 0.1) is 5.92 Å². The van der Waals surface area contributed by atoms with Crippen molar-refractivity contribution in [1.29, 1.82) is 0 Å². The summed E-state index contributed by atoms with van der Waals surface area (Å²) in [4.78, 5) is 28.4. The number of piperidine rings is 1. The van der Waals surface area contributed by atoms with E-state index in [4.69, 9.17) is 0 Å². The van der Waals surface area contributed by atoms with E-state index in [1.165, 1.54) is 10.6 Å². The van der Waals surface area contributed by atoms with Gasteiger partial charge in [0.15, 0.2) is 0 Å². The van der Waals surface area contributed by atoms with Crippen LogP contribution in [0.5, 0.6) is 0 Å². The number of hydrogen-bond donors (Lipinski definition) is 1. The standard InChI is InChI=1S/C16H30N4O4S/c1-16(2,3)17-15(22)19-11-9-18(10-12-19)14(21)13-5-7-20(8-6-13)25(4,23)24/h13H,5-12H2,1-4H3,(H,17,22). The zero-order valence-corrected chi connectivity index (χ0v) is 16.4. The third-order valence-corrected chi connectivity index (χ3v) is 5.94. The van der Waals surface area contributed by atoms with Crippen molar-refractivity contribution >= 4 is 22.0 Å². The molecule has 0 spiro atoms. The van der Waals surface area contributed by atoms with Crippen LogP contribution in [0.25, 0.3) is 0 Å². The third kappa shape index (κ3) is 5.57. The molecule has 8 nitrogen and oxygen atoms in total. The van der Waals surface area contributed by atoms with Crippen molar-refractivity contribution in [3.05, 3.63) is 0 Å². The summed E-state index contributed by atoms with van der Waals surface area (Å²) in [5, 5.41) is 2.94. The van der Waals surface area contributed by atoms with Gasteiger partial charge in [-0.3, -0.25) is 4.79 Å². The maximum Gasteiger partial charge on any atom is 0.317 e. The van der Waals surface area contributed by atoms with Gasteiger partial charge in [-0.15, -0.1) is 0 Å². The molecule has 0 radical (unpaired) electrons. The topological polar surface area (TPSA) is 90.0 Å². The number of hydrogen-bond acceptors (Lipinski definition) is 4. The molecule has 25 heavy (non-hydrogen) atoms. The Labute approximate surface area is 150 Å². The minimum Gasteiger partial charge on any atom is -0.339 e. The lowest BCUT2D eigenvalue weighted by Gasteiger charge is -2.39. The number of carbonyl (C=O) groups excluding carboxylic acids is 2. The summed E-state index contributed by atoms with van der Waals surface area (Å²) in [6.45, 7) is 8.73. The molecule has 1 N–H and O–H groups in total. The summed E-state index contributed by atoms with van der Waals surface area (Å²) >= 11 is 0. The predicted molar refractivity (Wildman–Crippen MR) is 95.6 cm³/mol. The van der Waals surface area contributed by atoms with Gasteiger partial charge in [-0.25, -0.2) is 17.5 Å². The average molecular weight is 375 g/mol. The molecule has 2 fully saturated rings. The Morgan fingerprint density at radius 2 is 1.40 bits per heavy atom. The molecule has 0 aromatic carbocycles. The highest BCUT2D eigenvalue weighted by atomic mass is 32.2. The van der Waals surface area contributed by atoms with Crippen LogP contribution in [0.3, 0.4) is 0 Å².